The largest absolute Gasteiger partial charge is 0.481 e. The average molecular weight is 258 g/mol. The Morgan fingerprint density at radius 1 is 1.22 bits per heavy atom. The van der Waals surface area contributed by atoms with E-state index in [1.165, 1.54) is 6.92 Å². The van der Waals surface area contributed by atoms with Gasteiger partial charge in [0, 0.05) is 6.42 Å². The number of carboxylic acid groups (broad SMARTS) is 2. The molecule has 0 saturated heterocycles. The predicted molar refractivity (Wildman–Crippen MR) is 58.2 cm³/mol. The van der Waals surface area contributed by atoms with Crippen LogP contribution in [0.2, 0.25) is 0 Å². The number of aliphatic carboxylic acids is 2. The molecule has 2 N–H and O–H groups in total. The third-order valence-corrected chi connectivity index (χ3v) is 2.87. The zero-order chi connectivity index (χ0) is 13.9. The molecule has 18 heavy (non-hydrogen) atoms. The van der Waals surface area contributed by atoms with E-state index in [2.05, 4.69) is 0 Å². The van der Waals surface area contributed by atoms with E-state index in [0.29, 0.717) is 0 Å². The van der Waals surface area contributed by atoms with E-state index >= 15 is 0 Å². The molecule has 0 amide bonds. The van der Waals surface area contributed by atoms with E-state index in [9.17, 15) is 18.4 Å². The van der Waals surface area contributed by atoms with Gasteiger partial charge in [0.15, 0.2) is 11.6 Å². The van der Waals surface area contributed by atoms with Gasteiger partial charge in [-0.05, 0) is 31.0 Å². The lowest BCUT2D eigenvalue weighted by molar-refractivity contribution is -0.144. The molecule has 0 spiro atoms. The van der Waals surface area contributed by atoms with E-state index in [1.807, 2.05) is 0 Å². The molecular weight excluding hydrogens is 246 g/mol. The van der Waals surface area contributed by atoms with Gasteiger partial charge in [0.05, 0.1) is 5.41 Å². The maximum atomic E-state index is 13.1. The van der Waals surface area contributed by atoms with Crippen LogP contribution >= 0.6 is 0 Å². The Kier molecular flexibility index (Phi) is 4.00. The number of rotatable bonds is 5. The zero-order valence-electron chi connectivity index (χ0n) is 9.61. The molecule has 0 aliphatic rings. The molecule has 6 heteroatoms. The molecule has 0 aromatic heterocycles. The van der Waals surface area contributed by atoms with Gasteiger partial charge >= 0.3 is 11.9 Å². The number of halogens is 2. The zero-order valence-corrected chi connectivity index (χ0v) is 9.61. The van der Waals surface area contributed by atoms with Crippen LogP contribution in [0.4, 0.5) is 8.78 Å². The Balaban J connectivity index is 3.14. The fraction of sp³-hybridized carbons (Fsp3) is 0.333. The molecule has 0 aliphatic heterocycles. The first-order valence-electron chi connectivity index (χ1n) is 5.18. The normalized spacial score (nSPS) is 13.9. The molecule has 0 heterocycles. The van der Waals surface area contributed by atoms with E-state index < -0.39 is 29.0 Å². The Hall–Kier alpha value is -1.98. The molecule has 1 aromatic rings. The minimum Gasteiger partial charge on any atom is -0.481 e. The van der Waals surface area contributed by atoms with Gasteiger partial charge in [0.2, 0.25) is 0 Å². The highest BCUT2D eigenvalue weighted by Gasteiger charge is 2.36. The van der Waals surface area contributed by atoms with Crippen LogP contribution in [0.1, 0.15) is 25.3 Å². The summed E-state index contributed by atoms with van der Waals surface area (Å²) < 4.78 is 25.9. The highest BCUT2D eigenvalue weighted by Crippen LogP contribution is 2.30. The van der Waals surface area contributed by atoms with Gasteiger partial charge in [0.1, 0.15) is 0 Å². The molecular formula is C12H12F2O4. The monoisotopic (exact) mass is 258 g/mol. The van der Waals surface area contributed by atoms with Gasteiger partial charge < -0.3 is 10.2 Å². The van der Waals surface area contributed by atoms with Crippen molar-refractivity contribution in [3.05, 3.63) is 35.4 Å². The van der Waals surface area contributed by atoms with Gasteiger partial charge in [-0.2, -0.15) is 0 Å². The van der Waals surface area contributed by atoms with E-state index in [-0.39, 0.29) is 18.4 Å². The molecule has 0 bridgehead atoms. The number of benzene rings is 1. The quantitative estimate of drug-likeness (QED) is 0.848. The summed E-state index contributed by atoms with van der Waals surface area (Å²) in [5.74, 6) is -4.67. The second-order valence-corrected chi connectivity index (χ2v) is 4.16. The second-order valence-electron chi connectivity index (χ2n) is 4.16. The third-order valence-electron chi connectivity index (χ3n) is 2.87. The SMILES string of the molecule is CC(CCC(=O)O)(C(=O)O)c1ccc(F)c(F)c1. The van der Waals surface area contributed by atoms with Crippen molar-refractivity contribution in [2.75, 3.05) is 0 Å². The molecule has 1 atom stereocenters. The van der Waals surface area contributed by atoms with Gasteiger partial charge in [-0.25, -0.2) is 8.78 Å². The van der Waals surface area contributed by atoms with Crippen LogP contribution in [-0.2, 0) is 15.0 Å². The van der Waals surface area contributed by atoms with E-state index in [0.717, 1.165) is 18.2 Å². The lowest BCUT2D eigenvalue weighted by Crippen LogP contribution is -2.33. The number of carboxylic acids is 2. The summed E-state index contributed by atoms with van der Waals surface area (Å²) in [5, 5.41) is 17.7. The Morgan fingerprint density at radius 2 is 1.83 bits per heavy atom. The van der Waals surface area contributed by atoms with Crippen molar-refractivity contribution in [1.82, 2.24) is 0 Å². The van der Waals surface area contributed by atoms with Crippen LogP contribution in [0.5, 0.6) is 0 Å². The Morgan fingerprint density at radius 3 is 2.28 bits per heavy atom. The van der Waals surface area contributed by atoms with Crippen molar-refractivity contribution in [3.63, 3.8) is 0 Å². The molecule has 1 rings (SSSR count). The van der Waals surface area contributed by atoms with Gasteiger partial charge in [-0.15, -0.1) is 0 Å². The number of hydrogen-bond acceptors (Lipinski definition) is 2. The molecule has 0 fully saturated rings. The maximum absolute atomic E-state index is 13.1. The van der Waals surface area contributed by atoms with E-state index in [1.54, 1.807) is 0 Å². The molecule has 4 nitrogen and oxygen atoms in total. The van der Waals surface area contributed by atoms with E-state index in [4.69, 9.17) is 10.2 Å². The summed E-state index contributed by atoms with van der Waals surface area (Å²) in [7, 11) is 0. The van der Waals surface area contributed by atoms with Crippen LogP contribution < -0.4 is 0 Å². The molecule has 0 radical (unpaired) electrons. The van der Waals surface area contributed by atoms with Crippen LogP contribution in [0.3, 0.4) is 0 Å². The lowest BCUT2D eigenvalue weighted by atomic mass is 9.78. The van der Waals surface area contributed by atoms with Crippen molar-refractivity contribution in [2.45, 2.75) is 25.2 Å². The smallest absolute Gasteiger partial charge is 0.313 e. The summed E-state index contributed by atoms with van der Waals surface area (Å²) in [6.07, 6.45) is -0.579. The minimum atomic E-state index is -1.56. The summed E-state index contributed by atoms with van der Waals surface area (Å²) in [6, 6.07) is 2.76. The van der Waals surface area contributed by atoms with Crippen molar-refractivity contribution in [3.8, 4) is 0 Å². The van der Waals surface area contributed by atoms with Crippen molar-refractivity contribution in [1.29, 1.82) is 0 Å². The van der Waals surface area contributed by atoms with Crippen LogP contribution in [0.25, 0.3) is 0 Å². The first-order chi connectivity index (χ1) is 8.27. The lowest BCUT2D eigenvalue weighted by Gasteiger charge is -2.24. The fourth-order valence-corrected chi connectivity index (χ4v) is 1.57. The van der Waals surface area contributed by atoms with Crippen molar-refractivity contribution in [2.24, 2.45) is 0 Å². The van der Waals surface area contributed by atoms with Crippen LogP contribution in [0.15, 0.2) is 18.2 Å². The van der Waals surface area contributed by atoms with Crippen molar-refractivity contribution >= 4 is 11.9 Å². The predicted octanol–water partition coefficient (Wildman–Crippen LogP) is 2.17. The number of hydrogen-bond donors (Lipinski definition) is 2. The van der Waals surface area contributed by atoms with Gasteiger partial charge in [-0.1, -0.05) is 6.07 Å². The minimum absolute atomic E-state index is 0.0372. The fourth-order valence-electron chi connectivity index (χ4n) is 1.57. The molecule has 0 aliphatic carbocycles. The molecule has 98 valence electrons. The summed E-state index contributed by atoms with van der Waals surface area (Å²) in [6.45, 7) is 1.28. The highest BCUT2D eigenvalue weighted by molar-refractivity contribution is 5.81. The Bertz CT molecular complexity index is 487. The third kappa shape index (κ3) is 2.82. The summed E-state index contributed by atoms with van der Waals surface area (Å²) in [4.78, 5) is 21.7. The first-order valence-corrected chi connectivity index (χ1v) is 5.18. The average Bonchev–Trinajstić information content (AvgIpc) is 2.29. The first kappa shape index (κ1) is 14.1. The standard InChI is InChI=1S/C12H12F2O4/c1-12(11(17)18,5-4-10(15)16)7-2-3-8(13)9(14)6-7/h2-3,6H,4-5H2,1H3,(H,15,16)(H,17,18). The van der Waals surface area contributed by atoms with Crippen LogP contribution in [0, 0.1) is 11.6 Å². The second kappa shape index (κ2) is 5.12. The number of carbonyl (C=O) groups is 2. The van der Waals surface area contributed by atoms with Gasteiger partial charge in [0.25, 0.3) is 0 Å². The highest BCUT2D eigenvalue weighted by atomic mass is 19.2. The Labute approximate surface area is 102 Å². The van der Waals surface area contributed by atoms with Gasteiger partial charge in [-0.3, -0.25) is 9.59 Å². The topological polar surface area (TPSA) is 74.6 Å². The maximum Gasteiger partial charge on any atom is 0.313 e. The van der Waals surface area contributed by atoms with Crippen LogP contribution in [-0.4, -0.2) is 22.2 Å². The van der Waals surface area contributed by atoms with Crippen molar-refractivity contribution < 1.29 is 28.6 Å². The molecule has 0 saturated carbocycles. The molecule has 1 aromatic carbocycles. The molecule has 1 unspecified atom stereocenters. The summed E-state index contributed by atoms with van der Waals surface area (Å²) >= 11 is 0. The summed E-state index contributed by atoms with van der Waals surface area (Å²) in [5.41, 5.74) is -1.53.